The summed E-state index contributed by atoms with van der Waals surface area (Å²) in [4.78, 5) is 12.7. The minimum Gasteiger partial charge on any atom is -0.480 e. The first-order chi connectivity index (χ1) is 9.82. The van der Waals surface area contributed by atoms with E-state index in [1.165, 1.54) is 0 Å². The van der Waals surface area contributed by atoms with Crippen molar-refractivity contribution >= 4 is 21.5 Å². The van der Waals surface area contributed by atoms with Crippen molar-refractivity contribution in [2.24, 2.45) is 0 Å². The maximum absolute atomic E-state index is 11.6. The van der Waals surface area contributed by atoms with E-state index in [0.717, 1.165) is 5.56 Å². The lowest BCUT2D eigenvalue weighted by molar-refractivity contribution is -0.135. The van der Waals surface area contributed by atoms with Crippen LogP contribution in [-0.4, -0.2) is 43.6 Å². The molecule has 1 aliphatic rings. The van der Waals surface area contributed by atoms with Gasteiger partial charge < -0.3 is 10.0 Å². The summed E-state index contributed by atoms with van der Waals surface area (Å²) < 4.78 is 23.2. The molecule has 1 saturated heterocycles. The van der Waals surface area contributed by atoms with Gasteiger partial charge in [0.25, 0.3) is 0 Å². The Kier molecular flexibility index (Phi) is 4.19. The smallest absolute Gasteiger partial charge is 0.323 e. The first-order valence-corrected chi connectivity index (χ1v) is 8.34. The van der Waals surface area contributed by atoms with Crippen LogP contribution in [0.5, 0.6) is 0 Å². The molecule has 1 aromatic carbocycles. The van der Waals surface area contributed by atoms with Crippen LogP contribution >= 0.6 is 0 Å². The minimum absolute atomic E-state index is 0.0284. The fraction of sp³-hybridized carbons (Fsp3) is 0.429. The van der Waals surface area contributed by atoms with Crippen molar-refractivity contribution in [3.05, 3.63) is 29.3 Å². The second-order valence-corrected chi connectivity index (χ2v) is 7.42. The molecule has 0 radical (unpaired) electrons. The van der Waals surface area contributed by atoms with Crippen molar-refractivity contribution in [3.8, 4) is 6.07 Å². The number of aliphatic carboxylic acids is 1. The predicted octanol–water partition coefficient (Wildman–Crippen LogP) is 0.945. The molecule has 0 saturated carbocycles. The monoisotopic (exact) mass is 308 g/mol. The van der Waals surface area contributed by atoms with Crippen LogP contribution in [0.25, 0.3) is 0 Å². The normalized spacial score (nSPS) is 19.9. The summed E-state index contributed by atoms with van der Waals surface area (Å²) in [6.45, 7) is 1.51. The van der Waals surface area contributed by atoms with Gasteiger partial charge in [-0.2, -0.15) is 5.26 Å². The summed E-state index contributed by atoms with van der Waals surface area (Å²) >= 11 is 0. The zero-order valence-corrected chi connectivity index (χ0v) is 12.4. The van der Waals surface area contributed by atoms with E-state index < -0.39 is 15.8 Å². The quantitative estimate of drug-likeness (QED) is 0.889. The van der Waals surface area contributed by atoms with E-state index >= 15 is 0 Å². The van der Waals surface area contributed by atoms with Crippen LogP contribution in [0.15, 0.2) is 18.2 Å². The lowest BCUT2D eigenvalue weighted by Gasteiger charge is -2.29. The van der Waals surface area contributed by atoms with Crippen molar-refractivity contribution in [2.75, 3.05) is 23.0 Å². The number of nitrogens with zero attached hydrogens (tertiary/aromatic N) is 2. The second-order valence-electron chi connectivity index (χ2n) is 5.19. The van der Waals surface area contributed by atoms with Gasteiger partial charge in [-0.05, 0) is 37.1 Å². The predicted molar refractivity (Wildman–Crippen MR) is 77.9 cm³/mol. The van der Waals surface area contributed by atoms with E-state index in [1.54, 1.807) is 30.0 Å². The molecule has 0 amide bonds. The van der Waals surface area contributed by atoms with Gasteiger partial charge in [0.2, 0.25) is 0 Å². The highest BCUT2D eigenvalue weighted by molar-refractivity contribution is 7.91. The summed E-state index contributed by atoms with van der Waals surface area (Å²) in [5, 5.41) is 18.0. The maximum atomic E-state index is 11.6. The third-order valence-corrected chi connectivity index (χ3v) is 5.37. The highest BCUT2D eigenvalue weighted by Crippen LogP contribution is 2.26. The van der Waals surface area contributed by atoms with Crippen LogP contribution < -0.4 is 4.90 Å². The topological polar surface area (TPSA) is 98.5 Å². The minimum atomic E-state index is -3.09. The average molecular weight is 308 g/mol. The van der Waals surface area contributed by atoms with Crippen LogP contribution in [0.1, 0.15) is 17.5 Å². The third-order valence-electron chi connectivity index (χ3n) is 3.62. The molecule has 1 fully saturated rings. The number of carboxylic acid groups (broad SMARTS) is 1. The molecule has 112 valence electrons. The number of nitriles is 1. The van der Waals surface area contributed by atoms with Crippen LogP contribution in [0.3, 0.4) is 0 Å². The SMILES string of the molecule is Cc1cc(N(CC(=O)O)C2CCS(=O)(=O)C2)ccc1C#N. The number of benzene rings is 1. The van der Waals surface area contributed by atoms with Crippen LogP contribution in [0.4, 0.5) is 5.69 Å². The number of hydrogen-bond donors (Lipinski definition) is 1. The summed E-state index contributed by atoms with van der Waals surface area (Å²) in [6.07, 6.45) is 0.425. The molecule has 1 unspecified atom stereocenters. The van der Waals surface area contributed by atoms with Crippen molar-refractivity contribution in [1.82, 2.24) is 0 Å². The lowest BCUT2D eigenvalue weighted by Crippen LogP contribution is -2.40. The number of sulfone groups is 1. The molecule has 1 atom stereocenters. The second kappa shape index (κ2) is 5.74. The van der Waals surface area contributed by atoms with Gasteiger partial charge in [0.1, 0.15) is 6.54 Å². The molecule has 21 heavy (non-hydrogen) atoms. The first kappa shape index (κ1) is 15.3. The van der Waals surface area contributed by atoms with Crippen molar-refractivity contribution in [3.63, 3.8) is 0 Å². The summed E-state index contributed by atoms with van der Waals surface area (Å²) in [5.41, 5.74) is 1.90. The van der Waals surface area contributed by atoms with Gasteiger partial charge in [-0.25, -0.2) is 8.42 Å². The van der Waals surface area contributed by atoms with Gasteiger partial charge in [-0.1, -0.05) is 0 Å². The molecule has 1 heterocycles. The molecule has 2 rings (SSSR count). The molecule has 1 aliphatic heterocycles. The van der Waals surface area contributed by atoms with Crippen molar-refractivity contribution in [2.45, 2.75) is 19.4 Å². The molecular weight excluding hydrogens is 292 g/mol. The van der Waals surface area contributed by atoms with E-state index in [0.29, 0.717) is 17.7 Å². The summed E-state index contributed by atoms with van der Waals surface area (Å²) in [7, 11) is -3.09. The summed E-state index contributed by atoms with van der Waals surface area (Å²) in [6, 6.07) is 6.74. The number of carbonyl (C=O) groups is 1. The molecule has 0 aromatic heterocycles. The summed E-state index contributed by atoms with van der Waals surface area (Å²) in [5.74, 6) is -0.955. The Bertz CT molecular complexity index is 706. The maximum Gasteiger partial charge on any atom is 0.323 e. The van der Waals surface area contributed by atoms with Gasteiger partial charge in [0.15, 0.2) is 9.84 Å². The Hall–Kier alpha value is -2.07. The lowest BCUT2D eigenvalue weighted by atomic mass is 10.1. The Balaban J connectivity index is 2.35. The van der Waals surface area contributed by atoms with E-state index in [1.807, 2.05) is 0 Å². The van der Waals surface area contributed by atoms with E-state index in [4.69, 9.17) is 10.4 Å². The molecule has 6 nitrogen and oxygen atoms in total. The molecule has 0 aliphatic carbocycles. The molecule has 0 spiro atoms. The van der Waals surface area contributed by atoms with Crippen LogP contribution in [-0.2, 0) is 14.6 Å². The first-order valence-electron chi connectivity index (χ1n) is 6.52. The Morgan fingerprint density at radius 1 is 1.52 bits per heavy atom. The number of rotatable bonds is 4. The molecule has 7 heteroatoms. The number of carboxylic acids is 1. The molecule has 1 aromatic rings. The highest BCUT2D eigenvalue weighted by atomic mass is 32.2. The third kappa shape index (κ3) is 3.52. The Morgan fingerprint density at radius 3 is 2.71 bits per heavy atom. The zero-order chi connectivity index (χ0) is 15.6. The number of anilines is 1. The van der Waals surface area contributed by atoms with Crippen LogP contribution in [0, 0.1) is 18.3 Å². The molecular formula is C14H16N2O4S. The molecule has 0 bridgehead atoms. The van der Waals surface area contributed by atoms with Crippen molar-refractivity contribution < 1.29 is 18.3 Å². The average Bonchev–Trinajstić information content (AvgIpc) is 2.76. The van der Waals surface area contributed by atoms with Gasteiger partial charge in [-0.3, -0.25) is 4.79 Å². The number of hydrogen-bond acceptors (Lipinski definition) is 5. The van der Waals surface area contributed by atoms with Gasteiger partial charge in [0.05, 0.1) is 23.1 Å². The highest BCUT2D eigenvalue weighted by Gasteiger charge is 2.33. The zero-order valence-electron chi connectivity index (χ0n) is 11.6. The Morgan fingerprint density at radius 2 is 2.24 bits per heavy atom. The van der Waals surface area contributed by atoms with E-state index in [9.17, 15) is 13.2 Å². The molecule has 1 N–H and O–H groups in total. The van der Waals surface area contributed by atoms with Crippen LogP contribution in [0.2, 0.25) is 0 Å². The Labute approximate surface area is 123 Å². The van der Waals surface area contributed by atoms with E-state index in [2.05, 4.69) is 6.07 Å². The fourth-order valence-corrected chi connectivity index (χ4v) is 4.28. The van der Waals surface area contributed by atoms with Crippen molar-refractivity contribution in [1.29, 1.82) is 5.26 Å². The van der Waals surface area contributed by atoms with Gasteiger partial charge in [0, 0.05) is 11.7 Å². The number of aryl methyl sites for hydroxylation is 1. The largest absolute Gasteiger partial charge is 0.480 e. The van der Waals surface area contributed by atoms with Gasteiger partial charge >= 0.3 is 5.97 Å². The fourth-order valence-electron chi connectivity index (χ4n) is 2.55. The van der Waals surface area contributed by atoms with E-state index in [-0.39, 0.29) is 24.1 Å². The standard InChI is InChI=1S/C14H16N2O4S/c1-10-6-12(3-2-11(10)7-15)16(8-14(17)18)13-4-5-21(19,20)9-13/h2-3,6,13H,4-5,8-9H2,1H3,(H,17,18). The van der Waals surface area contributed by atoms with Gasteiger partial charge in [-0.15, -0.1) is 0 Å².